The fourth-order valence-electron chi connectivity index (χ4n) is 3.20. The zero-order valence-electron chi connectivity index (χ0n) is 16.2. The second kappa shape index (κ2) is 10.1. The zero-order chi connectivity index (χ0) is 19.8. The Morgan fingerprint density at radius 1 is 1.25 bits per heavy atom. The molecule has 3 rings (SSSR count). The SMILES string of the molecule is C[C@@H]1CNCCN1C(=O)OCc1cc(OCCCc2ccccc2)ccc1F. The number of rotatable bonds is 7. The summed E-state index contributed by atoms with van der Waals surface area (Å²) in [5.41, 5.74) is 1.58. The summed E-state index contributed by atoms with van der Waals surface area (Å²) in [5, 5.41) is 3.22. The van der Waals surface area contributed by atoms with Crippen LogP contribution in [0.25, 0.3) is 0 Å². The van der Waals surface area contributed by atoms with E-state index in [4.69, 9.17) is 9.47 Å². The van der Waals surface area contributed by atoms with Gasteiger partial charge in [0.25, 0.3) is 0 Å². The van der Waals surface area contributed by atoms with E-state index in [-0.39, 0.29) is 12.6 Å². The first-order valence-electron chi connectivity index (χ1n) is 9.73. The van der Waals surface area contributed by atoms with Gasteiger partial charge in [-0.1, -0.05) is 30.3 Å². The highest BCUT2D eigenvalue weighted by Gasteiger charge is 2.24. The van der Waals surface area contributed by atoms with Crippen molar-refractivity contribution >= 4 is 6.09 Å². The summed E-state index contributed by atoms with van der Waals surface area (Å²) in [6.45, 7) is 4.45. The standard InChI is InChI=1S/C22H27FN2O3/c1-17-15-24-11-12-25(17)22(26)28-16-19-14-20(9-10-21(19)23)27-13-5-8-18-6-3-2-4-7-18/h2-4,6-7,9-10,14,17,24H,5,8,11-13,15-16H2,1H3/t17-/m1/s1. The maximum absolute atomic E-state index is 14.1. The van der Waals surface area contributed by atoms with Gasteiger partial charge in [0.15, 0.2) is 0 Å². The predicted octanol–water partition coefficient (Wildman–Crippen LogP) is 3.77. The first kappa shape index (κ1) is 20.1. The molecule has 0 bridgehead atoms. The van der Waals surface area contributed by atoms with Crippen molar-refractivity contribution in [1.82, 2.24) is 10.2 Å². The third-order valence-electron chi connectivity index (χ3n) is 4.83. The summed E-state index contributed by atoms with van der Waals surface area (Å²) in [6, 6.07) is 14.8. The van der Waals surface area contributed by atoms with Crippen LogP contribution in [0.1, 0.15) is 24.5 Å². The van der Waals surface area contributed by atoms with Crippen LogP contribution >= 0.6 is 0 Å². The fourth-order valence-corrected chi connectivity index (χ4v) is 3.20. The Morgan fingerprint density at radius 3 is 2.86 bits per heavy atom. The number of nitrogens with zero attached hydrogens (tertiary/aromatic N) is 1. The van der Waals surface area contributed by atoms with E-state index in [0.717, 1.165) is 25.9 Å². The minimum atomic E-state index is -0.414. The van der Waals surface area contributed by atoms with Crippen molar-refractivity contribution < 1.29 is 18.7 Å². The van der Waals surface area contributed by atoms with Crippen LogP contribution in [0.3, 0.4) is 0 Å². The smallest absolute Gasteiger partial charge is 0.410 e. The molecule has 1 amide bonds. The van der Waals surface area contributed by atoms with Crippen molar-refractivity contribution in [3.05, 3.63) is 65.5 Å². The highest BCUT2D eigenvalue weighted by molar-refractivity contribution is 5.68. The average molecular weight is 386 g/mol. The largest absolute Gasteiger partial charge is 0.494 e. The molecule has 0 spiro atoms. The first-order chi connectivity index (χ1) is 13.6. The van der Waals surface area contributed by atoms with Gasteiger partial charge >= 0.3 is 6.09 Å². The number of hydrogen-bond acceptors (Lipinski definition) is 4. The number of ether oxygens (including phenoxy) is 2. The molecule has 1 N–H and O–H groups in total. The van der Waals surface area contributed by atoms with Gasteiger partial charge in [-0.3, -0.25) is 0 Å². The van der Waals surface area contributed by atoms with Gasteiger partial charge in [-0.25, -0.2) is 9.18 Å². The van der Waals surface area contributed by atoms with Crippen LogP contribution in [0.15, 0.2) is 48.5 Å². The highest BCUT2D eigenvalue weighted by atomic mass is 19.1. The Morgan fingerprint density at radius 2 is 2.07 bits per heavy atom. The first-order valence-corrected chi connectivity index (χ1v) is 9.73. The molecular formula is C22H27FN2O3. The Bertz CT molecular complexity index is 770. The van der Waals surface area contributed by atoms with Crippen LogP contribution in [-0.4, -0.2) is 43.3 Å². The maximum atomic E-state index is 14.1. The van der Waals surface area contributed by atoms with E-state index in [2.05, 4.69) is 17.4 Å². The molecule has 0 aromatic heterocycles. The molecular weight excluding hydrogens is 359 g/mol. The van der Waals surface area contributed by atoms with Crippen LogP contribution < -0.4 is 10.1 Å². The van der Waals surface area contributed by atoms with Crippen molar-refractivity contribution in [2.75, 3.05) is 26.2 Å². The van der Waals surface area contributed by atoms with Crippen LogP contribution in [0, 0.1) is 5.82 Å². The molecule has 0 aliphatic carbocycles. The van der Waals surface area contributed by atoms with Crippen LogP contribution in [0.5, 0.6) is 5.75 Å². The Balaban J connectivity index is 1.48. The monoisotopic (exact) mass is 386 g/mol. The molecule has 1 fully saturated rings. The van der Waals surface area contributed by atoms with Gasteiger partial charge in [0.05, 0.1) is 6.61 Å². The Hall–Kier alpha value is -2.60. The number of halogens is 1. The second-order valence-corrected chi connectivity index (χ2v) is 6.99. The molecule has 2 aromatic carbocycles. The lowest BCUT2D eigenvalue weighted by Crippen LogP contribution is -2.52. The van der Waals surface area contributed by atoms with Crippen LogP contribution in [-0.2, 0) is 17.8 Å². The van der Waals surface area contributed by atoms with Crippen molar-refractivity contribution in [2.24, 2.45) is 0 Å². The second-order valence-electron chi connectivity index (χ2n) is 6.99. The molecule has 2 aromatic rings. The number of aryl methyl sites for hydroxylation is 1. The number of carbonyl (C=O) groups is 1. The van der Waals surface area contributed by atoms with Crippen LogP contribution in [0.4, 0.5) is 9.18 Å². The fraction of sp³-hybridized carbons (Fsp3) is 0.409. The quantitative estimate of drug-likeness (QED) is 0.736. The van der Waals surface area contributed by atoms with Gasteiger partial charge in [0.1, 0.15) is 18.2 Å². The molecule has 6 heteroatoms. The molecule has 1 atom stereocenters. The molecule has 5 nitrogen and oxygen atoms in total. The van der Waals surface area contributed by atoms with Crippen molar-refractivity contribution in [2.45, 2.75) is 32.4 Å². The summed E-state index contributed by atoms with van der Waals surface area (Å²) in [5.74, 6) is 0.175. The van der Waals surface area contributed by atoms with E-state index in [1.807, 2.05) is 25.1 Å². The predicted molar refractivity (Wildman–Crippen MR) is 106 cm³/mol. The lowest BCUT2D eigenvalue weighted by atomic mass is 10.1. The summed E-state index contributed by atoms with van der Waals surface area (Å²) < 4.78 is 25.1. The lowest BCUT2D eigenvalue weighted by molar-refractivity contribution is 0.0751. The van der Waals surface area contributed by atoms with Gasteiger partial charge in [0.2, 0.25) is 0 Å². The molecule has 1 heterocycles. The minimum absolute atomic E-state index is 0.0605. The van der Waals surface area contributed by atoms with E-state index < -0.39 is 11.9 Å². The topological polar surface area (TPSA) is 50.8 Å². The molecule has 0 unspecified atom stereocenters. The number of benzene rings is 2. The average Bonchev–Trinajstić information content (AvgIpc) is 2.72. The molecule has 0 radical (unpaired) electrons. The minimum Gasteiger partial charge on any atom is -0.494 e. The van der Waals surface area contributed by atoms with Crippen LogP contribution in [0.2, 0.25) is 0 Å². The van der Waals surface area contributed by atoms with E-state index in [0.29, 0.717) is 24.5 Å². The summed E-state index contributed by atoms with van der Waals surface area (Å²) in [7, 11) is 0. The summed E-state index contributed by atoms with van der Waals surface area (Å²) in [4.78, 5) is 13.9. The van der Waals surface area contributed by atoms with Gasteiger partial charge in [-0.15, -0.1) is 0 Å². The van der Waals surface area contributed by atoms with E-state index in [1.165, 1.54) is 11.6 Å². The van der Waals surface area contributed by atoms with Gasteiger partial charge < -0.3 is 19.7 Å². The van der Waals surface area contributed by atoms with Gasteiger partial charge in [-0.2, -0.15) is 0 Å². The Kier molecular flexibility index (Phi) is 7.25. The van der Waals surface area contributed by atoms with E-state index in [1.54, 1.807) is 17.0 Å². The molecule has 150 valence electrons. The third kappa shape index (κ3) is 5.70. The van der Waals surface area contributed by atoms with Gasteiger partial charge in [0, 0.05) is 31.2 Å². The number of amides is 1. The number of nitrogens with one attached hydrogen (secondary N) is 1. The Labute approximate surface area is 165 Å². The zero-order valence-corrected chi connectivity index (χ0v) is 16.2. The summed E-state index contributed by atoms with van der Waals surface area (Å²) in [6.07, 6.45) is 1.38. The van der Waals surface area contributed by atoms with Crippen molar-refractivity contribution in [3.8, 4) is 5.75 Å². The highest BCUT2D eigenvalue weighted by Crippen LogP contribution is 2.19. The lowest BCUT2D eigenvalue weighted by Gasteiger charge is -2.33. The summed E-state index contributed by atoms with van der Waals surface area (Å²) >= 11 is 0. The number of carbonyl (C=O) groups excluding carboxylic acids is 1. The third-order valence-corrected chi connectivity index (χ3v) is 4.83. The molecule has 1 saturated heterocycles. The maximum Gasteiger partial charge on any atom is 0.410 e. The molecule has 1 aliphatic rings. The molecule has 1 aliphatic heterocycles. The van der Waals surface area contributed by atoms with E-state index in [9.17, 15) is 9.18 Å². The number of piperazine rings is 1. The van der Waals surface area contributed by atoms with Crippen molar-refractivity contribution in [1.29, 1.82) is 0 Å². The van der Waals surface area contributed by atoms with Crippen molar-refractivity contribution in [3.63, 3.8) is 0 Å². The normalized spacial score (nSPS) is 16.6. The molecule has 0 saturated carbocycles. The number of hydrogen-bond donors (Lipinski definition) is 1. The molecule has 28 heavy (non-hydrogen) atoms. The van der Waals surface area contributed by atoms with Gasteiger partial charge in [-0.05, 0) is 43.5 Å². The van der Waals surface area contributed by atoms with E-state index >= 15 is 0 Å².